The number of nitro groups is 1. The Hall–Kier alpha value is -1.62. The van der Waals surface area contributed by atoms with Crippen LogP contribution < -0.4 is 4.90 Å². The fourth-order valence-corrected chi connectivity index (χ4v) is 3.58. The van der Waals surface area contributed by atoms with Crippen LogP contribution in [0.3, 0.4) is 0 Å². The normalized spacial score (nSPS) is 22.9. The summed E-state index contributed by atoms with van der Waals surface area (Å²) in [4.78, 5) is 15.7. The van der Waals surface area contributed by atoms with Crippen molar-refractivity contribution < 1.29 is 4.92 Å². The molecule has 0 radical (unpaired) electrons. The average molecular weight is 289 g/mol. The number of benzene rings is 1. The summed E-state index contributed by atoms with van der Waals surface area (Å²) in [6.07, 6.45) is 3.78. The van der Waals surface area contributed by atoms with Crippen molar-refractivity contribution >= 4 is 11.4 Å². The molecule has 0 aromatic heterocycles. The van der Waals surface area contributed by atoms with Crippen LogP contribution in [-0.2, 0) is 0 Å². The molecule has 1 aromatic rings. The molecular formula is C16H23N3O2. The van der Waals surface area contributed by atoms with Crippen LogP contribution in [-0.4, -0.2) is 42.5 Å². The molecule has 1 unspecified atom stereocenters. The molecule has 0 spiro atoms. The number of nitro benzene ring substituents is 1. The van der Waals surface area contributed by atoms with Gasteiger partial charge in [-0.2, -0.15) is 0 Å². The maximum atomic E-state index is 11.3. The van der Waals surface area contributed by atoms with E-state index in [0.717, 1.165) is 37.3 Å². The van der Waals surface area contributed by atoms with Gasteiger partial charge in [-0.1, -0.05) is 6.07 Å². The first kappa shape index (κ1) is 14.3. The van der Waals surface area contributed by atoms with Crippen LogP contribution in [0.25, 0.3) is 0 Å². The van der Waals surface area contributed by atoms with Gasteiger partial charge in [0.1, 0.15) is 5.69 Å². The van der Waals surface area contributed by atoms with Gasteiger partial charge in [0.2, 0.25) is 0 Å². The van der Waals surface area contributed by atoms with Crippen molar-refractivity contribution in [3.63, 3.8) is 0 Å². The highest BCUT2D eigenvalue weighted by molar-refractivity contribution is 5.64. The summed E-state index contributed by atoms with van der Waals surface area (Å²) in [5, 5.41) is 11.3. The molecule has 0 amide bonds. The first-order valence-electron chi connectivity index (χ1n) is 7.86. The molecule has 0 saturated carbocycles. The zero-order valence-corrected chi connectivity index (χ0v) is 12.6. The van der Waals surface area contributed by atoms with Crippen LogP contribution in [0.1, 0.15) is 24.8 Å². The maximum absolute atomic E-state index is 11.3. The molecule has 1 atom stereocenters. The zero-order chi connectivity index (χ0) is 14.8. The standard InChI is InChI=1S/C16H23N3O2/c1-13-4-5-15(16(10-13)19(20)21)18-9-6-14(12-18)11-17-7-2-3-8-17/h4-5,10,14H,2-3,6-9,11-12H2,1H3. The van der Waals surface area contributed by atoms with Gasteiger partial charge in [0, 0.05) is 25.7 Å². The van der Waals surface area contributed by atoms with E-state index in [9.17, 15) is 10.1 Å². The highest BCUT2D eigenvalue weighted by Crippen LogP contribution is 2.33. The summed E-state index contributed by atoms with van der Waals surface area (Å²) in [5.41, 5.74) is 1.98. The lowest BCUT2D eigenvalue weighted by atomic mass is 10.1. The number of hydrogen-bond donors (Lipinski definition) is 0. The summed E-state index contributed by atoms with van der Waals surface area (Å²) >= 11 is 0. The van der Waals surface area contributed by atoms with Gasteiger partial charge in [0.25, 0.3) is 5.69 Å². The molecule has 2 fully saturated rings. The first-order chi connectivity index (χ1) is 10.1. The molecule has 0 aliphatic carbocycles. The molecule has 2 aliphatic heterocycles. The van der Waals surface area contributed by atoms with Crippen LogP contribution in [0.5, 0.6) is 0 Å². The number of anilines is 1. The van der Waals surface area contributed by atoms with Crippen molar-refractivity contribution in [2.24, 2.45) is 5.92 Å². The van der Waals surface area contributed by atoms with Gasteiger partial charge in [-0.15, -0.1) is 0 Å². The Morgan fingerprint density at radius 1 is 1.29 bits per heavy atom. The Balaban J connectivity index is 1.69. The Morgan fingerprint density at radius 3 is 2.76 bits per heavy atom. The van der Waals surface area contributed by atoms with Crippen LogP contribution in [0.4, 0.5) is 11.4 Å². The van der Waals surface area contributed by atoms with Crippen molar-refractivity contribution in [2.75, 3.05) is 37.6 Å². The van der Waals surface area contributed by atoms with Crippen molar-refractivity contribution in [3.8, 4) is 0 Å². The second-order valence-corrected chi connectivity index (χ2v) is 6.36. The SMILES string of the molecule is Cc1ccc(N2CCC(CN3CCCC3)C2)c([N+](=O)[O-])c1. The van der Waals surface area contributed by atoms with Gasteiger partial charge in [0.05, 0.1) is 4.92 Å². The molecule has 1 aromatic carbocycles. The summed E-state index contributed by atoms with van der Waals surface area (Å²) in [6, 6.07) is 5.56. The van der Waals surface area contributed by atoms with Gasteiger partial charge < -0.3 is 9.80 Å². The van der Waals surface area contributed by atoms with E-state index < -0.39 is 0 Å². The first-order valence-corrected chi connectivity index (χ1v) is 7.86. The third-order valence-electron chi connectivity index (χ3n) is 4.67. The van der Waals surface area contributed by atoms with Crippen LogP contribution in [0.15, 0.2) is 18.2 Å². The van der Waals surface area contributed by atoms with Crippen molar-refractivity contribution in [1.82, 2.24) is 4.90 Å². The minimum Gasteiger partial charge on any atom is -0.366 e. The third-order valence-corrected chi connectivity index (χ3v) is 4.67. The molecule has 5 nitrogen and oxygen atoms in total. The summed E-state index contributed by atoms with van der Waals surface area (Å²) < 4.78 is 0. The van der Waals surface area contributed by atoms with Gasteiger partial charge in [0.15, 0.2) is 0 Å². The van der Waals surface area contributed by atoms with Gasteiger partial charge in [-0.25, -0.2) is 0 Å². The molecule has 2 heterocycles. The smallest absolute Gasteiger partial charge is 0.292 e. The summed E-state index contributed by atoms with van der Waals surface area (Å²) in [5.74, 6) is 0.643. The lowest BCUT2D eigenvalue weighted by molar-refractivity contribution is -0.384. The molecule has 0 N–H and O–H groups in total. The van der Waals surface area contributed by atoms with E-state index in [2.05, 4.69) is 9.80 Å². The highest BCUT2D eigenvalue weighted by atomic mass is 16.6. The second kappa shape index (κ2) is 6.02. The summed E-state index contributed by atoms with van der Waals surface area (Å²) in [7, 11) is 0. The van der Waals surface area contributed by atoms with Crippen molar-refractivity contribution in [1.29, 1.82) is 0 Å². The second-order valence-electron chi connectivity index (χ2n) is 6.36. The minimum absolute atomic E-state index is 0.247. The Kier molecular flexibility index (Phi) is 4.10. The van der Waals surface area contributed by atoms with E-state index in [-0.39, 0.29) is 10.6 Å². The highest BCUT2D eigenvalue weighted by Gasteiger charge is 2.29. The number of likely N-dealkylation sites (tertiary alicyclic amines) is 1. The largest absolute Gasteiger partial charge is 0.366 e. The van der Waals surface area contributed by atoms with E-state index in [1.165, 1.54) is 25.9 Å². The Morgan fingerprint density at radius 2 is 2.05 bits per heavy atom. The zero-order valence-electron chi connectivity index (χ0n) is 12.6. The molecule has 5 heteroatoms. The fourth-order valence-electron chi connectivity index (χ4n) is 3.58. The number of aryl methyl sites for hydroxylation is 1. The molecule has 114 valence electrons. The van der Waals surface area contributed by atoms with Crippen molar-refractivity contribution in [3.05, 3.63) is 33.9 Å². The van der Waals surface area contributed by atoms with Crippen LogP contribution >= 0.6 is 0 Å². The molecule has 3 rings (SSSR count). The topological polar surface area (TPSA) is 49.6 Å². The number of nitrogens with zero attached hydrogens (tertiary/aromatic N) is 3. The van der Waals surface area contributed by atoms with E-state index in [1.54, 1.807) is 6.07 Å². The van der Waals surface area contributed by atoms with Gasteiger partial charge >= 0.3 is 0 Å². The molecular weight excluding hydrogens is 266 g/mol. The fraction of sp³-hybridized carbons (Fsp3) is 0.625. The third kappa shape index (κ3) is 3.18. The van der Waals surface area contributed by atoms with E-state index in [1.807, 2.05) is 19.1 Å². The van der Waals surface area contributed by atoms with Gasteiger partial charge in [-0.05, 0) is 56.8 Å². The average Bonchev–Trinajstić information content (AvgIpc) is 3.11. The van der Waals surface area contributed by atoms with Crippen LogP contribution in [0.2, 0.25) is 0 Å². The predicted molar refractivity (Wildman–Crippen MR) is 83.8 cm³/mol. The monoisotopic (exact) mass is 289 g/mol. The maximum Gasteiger partial charge on any atom is 0.292 e. The van der Waals surface area contributed by atoms with E-state index >= 15 is 0 Å². The predicted octanol–water partition coefficient (Wildman–Crippen LogP) is 2.83. The van der Waals surface area contributed by atoms with Crippen LogP contribution in [0, 0.1) is 23.0 Å². The molecule has 2 saturated heterocycles. The molecule has 0 bridgehead atoms. The Bertz CT molecular complexity index is 526. The lowest BCUT2D eigenvalue weighted by Crippen LogP contribution is -2.29. The minimum atomic E-state index is -0.254. The number of rotatable bonds is 4. The van der Waals surface area contributed by atoms with E-state index in [0.29, 0.717) is 5.92 Å². The summed E-state index contributed by atoms with van der Waals surface area (Å²) in [6.45, 7) is 7.37. The number of hydrogen-bond acceptors (Lipinski definition) is 4. The van der Waals surface area contributed by atoms with Crippen molar-refractivity contribution in [2.45, 2.75) is 26.2 Å². The molecule has 2 aliphatic rings. The quantitative estimate of drug-likeness (QED) is 0.632. The van der Waals surface area contributed by atoms with E-state index in [4.69, 9.17) is 0 Å². The van der Waals surface area contributed by atoms with Gasteiger partial charge in [-0.3, -0.25) is 10.1 Å². The molecule has 21 heavy (non-hydrogen) atoms. The Labute approximate surface area is 125 Å². The lowest BCUT2D eigenvalue weighted by Gasteiger charge is -2.21.